The van der Waals surface area contributed by atoms with E-state index < -0.39 is 5.97 Å². The van der Waals surface area contributed by atoms with E-state index in [2.05, 4.69) is 0 Å². The molecule has 0 saturated heterocycles. The predicted octanol–water partition coefficient (Wildman–Crippen LogP) is 1.82. The number of hydrogen-bond acceptors (Lipinski definition) is 3. The van der Waals surface area contributed by atoms with E-state index in [0.717, 1.165) is 25.7 Å². The van der Waals surface area contributed by atoms with Crippen LogP contribution < -0.4 is 11.2 Å². The molecule has 6 nitrogen and oxygen atoms in total. The van der Waals surface area contributed by atoms with Crippen molar-refractivity contribution in [3.05, 3.63) is 44.1 Å². The van der Waals surface area contributed by atoms with E-state index >= 15 is 0 Å². The van der Waals surface area contributed by atoms with Crippen LogP contribution >= 0.6 is 0 Å². The number of aryl methyl sites for hydroxylation is 2. The van der Waals surface area contributed by atoms with Crippen LogP contribution in [-0.4, -0.2) is 20.2 Å². The summed E-state index contributed by atoms with van der Waals surface area (Å²) in [4.78, 5) is 36.7. The van der Waals surface area contributed by atoms with Crippen molar-refractivity contribution in [2.45, 2.75) is 38.6 Å². The fourth-order valence-electron chi connectivity index (χ4n) is 3.43. The fraction of sp³-hybridized carbons (Fsp3) is 0.438. The molecule has 1 aromatic carbocycles. The Balaban J connectivity index is 2.44. The number of benzene rings is 1. The van der Waals surface area contributed by atoms with Crippen LogP contribution in [0.5, 0.6) is 0 Å². The summed E-state index contributed by atoms with van der Waals surface area (Å²) in [7, 11) is 1.62. The molecule has 116 valence electrons. The normalized spacial score (nSPS) is 15.5. The van der Waals surface area contributed by atoms with Gasteiger partial charge in [0.2, 0.25) is 0 Å². The van der Waals surface area contributed by atoms with Crippen LogP contribution in [0.3, 0.4) is 0 Å². The van der Waals surface area contributed by atoms with Crippen molar-refractivity contribution in [2.75, 3.05) is 0 Å². The minimum Gasteiger partial charge on any atom is -0.478 e. The number of rotatable bonds is 2. The van der Waals surface area contributed by atoms with Gasteiger partial charge in [-0.25, -0.2) is 9.59 Å². The molecule has 0 amide bonds. The van der Waals surface area contributed by atoms with E-state index in [0.29, 0.717) is 16.5 Å². The molecule has 22 heavy (non-hydrogen) atoms. The smallest absolute Gasteiger partial charge is 0.335 e. The Kier molecular flexibility index (Phi) is 3.39. The summed E-state index contributed by atoms with van der Waals surface area (Å²) in [6.07, 6.45) is 3.65. The standard InChI is InChI=1S/C16H18N2O4/c1-9-11(15(20)21)7-8-12-13(9)14(19)18(16(22)17(12)2)10-5-3-4-6-10/h7-8,10H,3-6H2,1-2H3,(H,20,21). The second-order valence-corrected chi connectivity index (χ2v) is 5.89. The molecule has 1 N–H and O–H groups in total. The van der Waals surface area contributed by atoms with Gasteiger partial charge in [0, 0.05) is 13.1 Å². The van der Waals surface area contributed by atoms with Crippen LogP contribution in [0.4, 0.5) is 0 Å². The summed E-state index contributed by atoms with van der Waals surface area (Å²) in [5.41, 5.74) is 0.294. The first-order valence-corrected chi connectivity index (χ1v) is 7.41. The van der Waals surface area contributed by atoms with Gasteiger partial charge in [-0.2, -0.15) is 0 Å². The van der Waals surface area contributed by atoms with Crippen molar-refractivity contribution in [2.24, 2.45) is 7.05 Å². The molecule has 0 bridgehead atoms. The summed E-state index contributed by atoms with van der Waals surface area (Å²) in [5, 5.41) is 9.57. The Morgan fingerprint density at radius 1 is 1.23 bits per heavy atom. The van der Waals surface area contributed by atoms with Crippen molar-refractivity contribution in [1.29, 1.82) is 0 Å². The number of fused-ring (bicyclic) bond motifs is 1. The van der Waals surface area contributed by atoms with Crippen molar-refractivity contribution >= 4 is 16.9 Å². The van der Waals surface area contributed by atoms with E-state index in [4.69, 9.17) is 0 Å². The molecular formula is C16H18N2O4. The molecule has 0 aliphatic heterocycles. The Hall–Kier alpha value is -2.37. The molecule has 1 fully saturated rings. The van der Waals surface area contributed by atoms with Crippen LogP contribution in [0.25, 0.3) is 10.9 Å². The second-order valence-electron chi connectivity index (χ2n) is 5.89. The van der Waals surface area contributed by atoms with E-state index in [9.17, 15) is 19.5 Å². The SMILES string of the molecule is Cc1c(C(=O)O)ccc2c1c(=O)n(C1CCCC1)c(=O)n2C. The molecule has 1 saturated carbocycles. The van der Waals surface area contributed by atoms with Crippen LogP contribution in [0.2, 0.25) is 0 Å². The van der Waals surface area contributed by atoms with E-state index in [1.165, 1.54) is 21.3 Å². The van der Waals surface area contributed by atoms with Crippen LogP contribution in [0, 0.1) is 6.92 Å². The van der Waals surface area contributed by atoms with Crippen LogP contribution in [0.1, 0.15) is 47.6 Å². The molecule has 1 aliphatic rings. The van der Waals surface area contributed by atoms with Gasteiger partial charge in [0.15, 0.2) is 0 Å². The highest BCUT2D eigenvalue weighted by Gasteiger charge is 2.24. The largest absolute Gasteiger partial charge is 0.478 e. The zero-order chi connectivity index (χ0) is 16.0. The Labute approximate surface area is 126 Å². The average molecular weight is 302 g/mol. The first kappa shape index (κ1) is 14.6. The lowest BCUT2D eigenvalue weighted by Gasteiger charge is -2.17. The molecule has 0 unspecified atom stereocenters. The topological polar surface area (TPSA) is 81.3 Å². The maximum atomic E-state index is 12.8. The Bertz CT molecular complexity index is 886. The third-order valence-corrected chi connectivity index (χ3v) is 4.65. The minimum absolute atomic E-state index is 0.0801. The molecule has 0 atom stereocenters. The number of carboxylic acids is 1. The van der Waals surface area contributed by atoms with E-state index in [1.54, 1.807) is 14.0 Å². The molecule has 2 aromatic rings. The molecular weight excluding hydrogens is 284 g/mol. The van der Waals surface area contributed by atoms with Crippen molar-refractivity contribution in [1.82, 2.24) is 9.13 Å². The summed E-state index contributed by atoms with van der Waals surface area (Å²) >= 11 is 0. The third-order valence-electron chi connectivity index (χ3n) is 4.65. The number of aromatic nitrogens is 2. The van der Waals surface area contributed by atoms with Gasteiger partial charge in [-0.1, -0.05) is 12.8 Å². The number of hydrogen-bond donors (Lipinski definition) is 1. The van der Waals surface area contributed by atoms with Crippen molar-refractivity contribution in [3.63, 3.8) is 0 Å². The highest BCUT2D eigenvalue weighted by molar-refractivity contribution is 5.96. The highest BCUT2D eigenvalue weighted by atomic mass is 16.4. The summed E-state index contributed by atoms with van der Waals surface area (Å²) in [6.45, 7) is 1.62. The second kappa shape index (κ2) is 5.12. The lowest BCUT2D eigenvalue weighted by molar-refractivity contribution is 0.0696. The van der Waals surface area contributed by atoms with Gasteiger partial charge in [0.25, 0.3) is 5.56 Å². The molecule has 6 heteroatoms. The lowest BCUT2D eigenvalue weighted by Crippen LogP contribution is -2.41. The number of aromatic carboxylic acids is 1. The lowest BCUT2D eigenvalue weighted by atomic mass is 10.0. The van der Waals surface area contributed by atoms with Crippen LogP contribution in [0.15, 0.2) is 21.7 Å². The molecule has 1 aromatic heterocycles. The van der Waals surface area contributed by atoms with Gasteiger partial charge >= 0.3 is 11.7 Å². The molecule has 1 heterocycles. The molecule has 3 rings (SSSR count). The zero-order valence-electron chi connectivity index (χ0n) is 12.6. The van der Waals surface area contributed by atoms with Gasteiger partial charge in [0.1, 0.15) is 0 Å². The quantitative estimate of drug-likeness (QED) is 0.917. The Morgan fingerprint density at radius 3 is 2.45 bits per heavy atom. The first-order chi connectivity index (χ1) is 10.4. The van der Waals surface area contributed by atoms with Crippen molar-refractivity contribution in [3.8, 4) is 0 Å². The van der Waals surface area contributed by atoms with E-state index in [-0.39, 0.29) is 22.9 Å². The maximum Gasteiger partial charge on any atom is 0.335 e. The van der Waals surface area contributed by atoms with E-state index in [1.807, 2.05) is 0 Å². The number of carboxylic acid groups (broad SMARTS) is 1. The Morgan fingerprint density at radius 2 is 1.86 bits per heavy atom. The summed E-state index contributed by atoms with van der Waals surface area (Å²) < 4.78 is 2.75. The maximum absolute atomic E-state index is 12.8. The summed E-state index contributed by atoms with van der Waals surface area (Å²) in [6, 6.07) is 2.90. The fourth-order valence-corrected chi connectivity index (χ4v) is 3.43. The summed E-state index contributed by atoms with van der Waals surface area (Å²) in [5.74, 6) is -1.07. The minimum atomic E-state index is -1.07. The van der Waals surface area contributed by atoms with Gasteiger partial charge in [0.05, 0.1) is 16.5 Å². The van der Waals surface area contributed by atoms with Crippen LogP contribution in [-0.2, 0) is 7.05 Å². The monoisotopic (exact) mass is 302 g/mol. The average Bonchev–Trinajstić information content (AvgIpc) is 2.98. The molecule has 0 spiro atoms. The van der Waals surface area contributed by atoms with Gasteiger partial charge in [-0.05, 0) is 37.5 Å². The predicted molar refractivity (Wildman–Crippen MR) is 82.7 cm³/mol. The highest BCUT2D eigenvalue weighted by Crippen LogP contribution is 2.28. The van der Waals surface area contributed by atoms with Gasteiger partial charge in [-0.3, -0.25) is 13.9 Å². The number of nitrogens with zero attached hydrogens (tertiary/aromatic N) is 2. The number of carbonyl (C=O) groups is 1. The first-order valence-electron chi connectivity index (χ1n) is 7.41. The molecule has 0 radical (unpaired) electrons. The van der Waals surface area contributed by atoms with Gasteiger partial charge < -0.3 is 5.11 Å². The van der Waals surface area contributed by atoms with Crippen molar-refractivity contribution < 1.29 is 9.90 Å². The molecule has 1 aliphatic carbocycles. The zero-order valence-corrected chi connectivity index (χ0v) is 12.6. The third kappa shape index (κ3) is 1.98. The van der Waals surface area contributed by atoms with Gasteiger partial charge in [-0.15, -0.1) is 0 Å².